The Bertz CT molecular complexity index is 490. The number of halogens is 1. The lowest BCUT2D eigenvalue weighted by atomic mass is 10.1. The summed E-state index contributed by atoms with van der Waals surface area (Å²) in [7, 11) is 0. The van der Waals surface area contributed by atoms with E-state index >= 15 is 0 Å². The van der Waals surface area contributed by atoms with E-state index in [4.69, 9.17) is 11.6 Å². The van der Waals surface area contributed by atoms with Crippen LogP contribution in [0.3, 0.4) is 0 Å². The van der Waals surface area contributed by atoms with Crippen molar-refractivity contribution >= 4 is 23.5 Å². The van der Waals surface area contributed by atoms with Crippen LogP contribution in [0.4, 0.5) is 4.79 Å². The molecule has 1 aliphatic rings. The minimum Gasteiger partial charge on any atom is -0.350 e. The fraction of sp³-hybridized carbons (Fsp3) is 0.429. The average molecular weight is 296 g/mol. The van der Waals surface area contributed by atoms with Crippen LogP contribution in [-0.2, 0) is 11.2 Å². The molecule has 3 amide bonds. The summed E-state index contributed by atoms with van der Waals surface area (Å²) in [5.41, 5.74) is 1.11. The van der Waals surface area contributed by atoms with E-state index in [0.29, 0.717) is 18.1 Å². The van der Waals surface area contributed by atoms with Gasteiger partial charge < -0.3 is 15.5 Å². The zero-order valence-corrected chi connectivity index (χ0v) is 12.1. The van der Waals surface area contributed by atoms with Crippen LogP contribution >= 0.6 is 11.6 Å². The van der Waals surface area contributed by atoms with E-state index in [1.807, 2.05) is 31.2 Å². The summed E-state index contributed by atoms with van der Waals surface area (Å²) in [6.07, 6.45) is 0.735. The quantitative estimate of drug-likeness (QED) is 0.886. The number of carbonyl (C=O) groups is 2. The van der Waals surface area contributed by atoms with Gasteiger partial charge in [0.2, 0.25) is 5.91 Å². The summed E-state index contributed by atoms with van der Waals surface area (Å²) in [4.78, 5) is 24.9. The summed E-state index contributed by atoms with van der Waals surface area (Å²) >= 11 is 5.81. The first-order chi connectivity index (χ1) is 9.54. The predicted molar refractivity (Wildman–Crippen MR) is 77.7 cm³/mol. The molecule has 1 aromatic carbocycles. The van der Waals surface area contributed by atoms with Gasteiger partial charge in [-0.3, -0.25) is 4.79 Å². The van der Waals surface area contributed by atoms with Crippen LogP contribution in [0.15, 0.2) is 24.3 Å². The molecule has 6 heteroatoms. The number of carbonyl (C=O) groups excluding carboxylic acids is 2. The zero-order valence-electron chi connectivity index (χ0n) is 11.4. The zero-order chi connectivity index (χ0) is 14.5. The molecule has 1 fully saturated rings. The summed E-state index contributed by atoms with van der Waals surface area (Å²) in [6.45, 7) is 3.08. The molecule has 0 saturated carbocycles. The molecule has 1 saturated heterocycles. The van der Waals surface area contributed by atoms with E-state index in [-0.39, 0.29) is 24.5 Å². The molecule has 1 atom stereocenters. The van der Waals surface area contributed by atoms with Crippen LogP contribution in [0, 0.1) is 0 Å². The Morgan fingerprint density at radius 3 is 2.80 bits per heavy atom. The van der Waals surface area contributed by atoms with Crippen LogP contribution < -0.4 is 10.6 Å². The van der Waals surface area contributed by atoms with Gasteiger partial charge in [-0.2, -0.15) is 0 Å². The second-order valence-electron chi connectivity index (χ2n) is 4.96. The first-order valence-corrected chi connectivity index (χ1v) is 6.99. The predicted octanol–water partition coefficient (Wildman–Crippen LogP) is 1.41. The number of hydrogen-bond acceptors (Lipinski definition) is 2. The Morgan fingerprint density at radius 1 is 1.45 bits per heavy atom. The van der Waals surface area contributed by atoms with Crippen LogP contribution in [0.5, 0.6) is 0 Å². The fourth-order valence-electron chi connectivity index (χ4n) is 2.17. The molecule has 1 heterocycles. The maximum atomic E-state index is 11.9. The fourth-order valence-corrected chi connectivity index (χ4v) is 2.29. The molecule has 1 unspecified atom stereocenters. The Labute approximate surface area is 123 Å². The van der Waals surface area contributed by atoms with Crippen LogP contribution in [0.2, 0.25) is 5.02 Å². The van der Waals surface area contributed by atoms with Gasteiger partial charge in [0.25, 0.3) is 0 Å². The lowest BCUT2D eigenvalue weighted by molar-refractivity contribution is -0.124. The number of urea groups is 1. The SMILES string of the molecule is CC1CN(C(=O)NCCc2ccc(Cl)cc2)CC(=O)N1. The van der Waals surface area contributed by atoms with E-state index in [0.717, 1.165) is 12.0 Å². The lowest BCUT2D eigenvalue weighted by Gasteiger charge is -2.31. The van der Waals surface area contributed by atoms with E-state index in [1.165, 1.54) is 4.90 Å². The van der Waals surface area contributed by atoms with Crippen molar-refractivity contribution in [2.24, 2.45) is 0 Å². The van der Waals surface area contributed by atoms with E-state index in [2.05, 4.69) is 10.6 Å². The van der Waals surface area contributed by atoms with Gasteiger partial charge in [0.05, 0.1) is 0 Å². The number of nitrogens with one attached hydrogen (secondary N) is 2. The topological polar surface area (TPSA) is 61.4 Å². The molecule has 2 rings (SSSR count). The van der Waals surface area contributed by atoms with Crippen molar-refractivity contribution in [1.29, 1.82) is 0 Å². The third-order valence-corrected chi connectivity index (χ3v) is 3.38. The molecule has 1 aliphatic heterocycles. The van der Waals surface area contributed by atoms with Crippen LogP contribution in [0.1, 0.15) is 12.5 Å². The van der Waals surface area contributed by atoms with Gasteiger partial charge in [0, 0.05) is 24.2 Å². The molecule has 0 spiro atoms. The first kappa shape index (κ1) is 14.7. The third-order valence-electron chi connectivity index (χ3n) is 3.13. The summed E-state index contributed by atoms with van der Waals surface area (Å²) in [5, 5.41) is 6.31. The Morgan fingerprint density at radius 2 is 2.15 bits per heavy atom. The van der Waals surface area contributed by atoms with Crippen molar-refractivity contribution in [2.75, 3.05) is 19.6 Å². The van der Waals surface area contributed by atoms with Gasteiger partial charge in [-0.15, -0.1) is 0 Å². The second kappa shape index (κ2) is 6.61. The molecule has 0 aromatic heterocycles. The van der Waals surface area contributed by atoms with Gasteiger partial charge in [-0.25, -0.2) is 4.79 Å². The van der Waals surface area contributed by atoms with Crippen molar-refractivity contribution in [3.05, 3.63) is 34.9 Å². The first-order valence-electron chi connectivity index (χ1n) is 6.61. The maximum absolute atomic E-state index is 11.9. The van der Waals surface area contributed by atoms with Crippen molar-refractivity contribution in [3.8, 4) is 0 Å². The highest BCUT2D eigenvalue weighted by Crippen LogP contribution is 2.09. The van der Waals surface area contributed by atoms with Gasteiger partial charge in [0.1, 0.15) is 6.54 Å². The summed E-state index contributed by atoms with van der Waals surface area (Å²) in [5.74, 6) is -0.114. The van der Waals surface area contributed by atoms with E-state index in [9.17, 15) is 9.59 Å². The number of amides is 3. The maximum Gasteiger partial charge on any atom is 0.317 e. The molecule has 2 N–H and O–H groups in total. The number of benzene rings is 1. The van der Waals surface area contributed by atoms with Gasteiger partial charge in [-0.05, 0) is 31.0 Å². The van der Waals surface area contributed by atoms with Crippen molar-refractivity contribution in [1.82, 2.24) is 15.5 Å². The van der Waals surface area contributed by atoms with Gasteiger partial charge in [0.15, 0.2) is 0 Å². The number of hydrogen-bond donors (Lipinski definition) is 2. The Balaban J connectivity index is 1.77. The molecule has 20 heavy (non-hydrogen) atoms. The minimum atomic E-state index is -0.194. The molecule has 0 radical (unpaired) electrons. The largest absolute Gasteiger partial charge is 0.350 e. The lowest BCUT2D eigenvalue weighted by Crippen LogP contribution is -2.56. The smallest absolute Gasteiger partial charge is 0.317 e. The number of piperazine rings is 1. The van der Waals surface area contributed by atoms with Crippen LogP contribution in [0.25, 0.3) is 0 Å². The van der Waals surface area contributed by atoms with Gasteiger partial charge >= 0.3 is 6.03 Å². The highest BCUT2D eigenvalue weighted by Gasteiger charge is 2.24. The number of rotatable bonds is 3. The number of nitrogens with zero attached hydrogens (tertiary/aromatic N) is 1. The molecular weight excluding hydrogens is 278 g/mol. The Hall–Kier alpha value is -1.75. The molecule has 5 nitrogen and oxygen atoms in total. The minimum absolute atomic E-state index is 0.00161. The normalized spacial score (nSPS) is 18.6. The van der Waals surface area contributed by atoms with Crippen molar-refractivity contribution < 1.29 is 9.59 Å². The van der Waals surface area contributed by atoms with Crippen molar-refractivity contribution in [2.45, 2.75) is 19.4 Å². The molecular formula is C14H18ClN3O2. The standard InChI is InChI=1S/C14H18ClN3O2/c1-10-8-18(9-13(19)17-10)14(20)16-7-6-11-2-4-12(15)5-3-11/h2-5,10H,6-9H2,1H3,(H,16,20)(H,17,19). The van der Waals surface area contributed by atoms with Crippen LogP contribution in [-0.4, -0.2) is 42.5 Å². The van der Waals surface area contributed by atoms with Gasteiger partial charge in [-0.1, -0.05) is 23.7 Å². The molecule has 108 valence electrons. The molecule has 1 aromatic rings. The third kappa shape index (κ3) is 4.13. The van der Waals surface area contributed by atoms with Crippen molar-refractivity contribution in [3.63, 3.8) is 0 Å². The van der Waals surface area contributed by atoms with E-state index < -0.39 is 0 Å². The highest BCUT2D eigenvalue weighted by atomic mass is 35.5. The summed E-state index contributed by atoms with van der Waals surface area (Å²) in [6, 6.07) is 7.33. The summed E-state index contributed by atoms with van der Waals surface area (Å²) < 4.78 is 0. The highest BCUT2D eigenvalue weighted by molar-refractivity contribution is 6.30. The molecule has 0 bridgehead atoms. The molecule has 0 aliphatic carbocycles. The second-order valence-corrected chi connectivity index (χ2v) is 5.39. The van der Waals surface area contributed by atoms with E-state index in [1.54, 1.807) is 0 Å². The Kier molecular flexibility index (Phi) is 4.84. The average Bonchev–Trinajstić information content (AvgIpc) is 2.40. The monoisotopic (exact) mass is 295 g/mol.